The zero-order valence-electron chi connectivity index (χ0n) is 8.32. The van der Waals surface area contributed by atoms with Crippen LogP contribution in [0.25, 0.3) is 0 Å². The minimum Gasteiger partial charge on any atom is -0.368 e. The van der Waals surface area contributed by atoms with Gasteiger partial charge >= 0.3 is 0 Å². The second-order valence-corrected chi connectivity index (χ2v) is 4.14. The lowest BCUT2D eigenvalue weighted by Crippen LogP contribution is -2.22. The van der Waals surface area contributed by atoms with Crippen molar-refractivity contribution in [3.8, 4) is 0 Å². The minimum absolute atomic E-state index is 0.0468. The first-order valence-electron chi connectivity index (χ1n) is 4.88. The van der Waals surface area contributed by atoms with E-state index < -0.39 is 0 Å². The Morgan fingerprint density at radius 3 is 2.00 bits per heavy atom. The SMILES string of the molecule is CC1(c2nc(N)nc(N)n2)CCCC1. The van der Waals surface area contributed by atoms with E-state index in [4.69, 9.17) is 11.5 Å². The van der Waals surface area contributed by atoms with Crippen molar-refractivity contribution in [2.45, 2.75) is 38.0 Å². The monoisotopic (exact) mass is 193 g/mol. The van der Waals surface area contributed by atoms with Crippen molar-refractivity contribution in [1.82, 2.24) is 15.0 Å². The lowest BCUT2D eigenvalue weighted by Gasteiger charge is -2.21. The van der Waals surface area contributed by atoms with Gasteiger partial charge in [-0.25, -0.2) is 0 Å². The summed E-state index contributed by atoms with van der Waals surface area (Å²) in [7, 11) is 0. The fourth-order valence-electron chi connectivity index (χ4n) is 2.06. The zero-order chi connectivity index (χ0) is 10.2. The Hall–Kier alpha value is -1.39. The van der Waals surface area contributed by atoms with Gasteiger partial charge in [0.1, 0.15) is 5.82 Å². The number of hydrogen-bond donors (Lipinski definition) is 2. The van der Waals surface area contributed by atoms with Crippen molar-refractivity contribution < 1.29 is 0 Å². The number of anilines is 2. The standard InChI is InChI=1S/C9H15N5/c1-9(4-2-3-5-9)6-12-7(10)14-8(11)13-6/h2-5H2,1H3,(H4,10,11,12,13,14). The van der Waals surface area contributed by atoms with Crippen molar-refractivity contribution in [1.29, 1.82) is 0 Å². The van der Waals surface area contributed by atoms with Crippen LogP contribution >= 0.6 is 0 Å². The summed E-state index contributed by atoms with van der Waals surface area (Å²) in [5, 5.41) is 0. The smallest absolute Gasteiger partial charge is 0.225 e. The Bertz CT molecular complexity index is 323. The van der Waals surface area contributed by atoms with Gasteiger partial charge in [0.15, 0.2) is 0 Å². The second kappa shape index (κ2) is 3.08. The van der Waals surface area contributed by atoms with Crippen molar-refractivity contribution in [3.63, 3.8) is 0 Å². The normalized spacial score (nSPS) is 19.8. The van der Waals surface area contributed by atoms with Gasteiger partial charge in [0.25, 0.3) is 0 Å². The first-order valence-corrected chi connectivity index (χ1v) is 4.88. The van der Waals surface area contributed by atoms with Crippen LogP contribution in [-0.4, -0.2) is 15.0 Å². The fraction of sp³-hybridized carbons (Fsp3) is 0.667. The van der Waals surface area contributed by atoms with E-state index in [0.29, 0.717) is 0 Å². The van der Waals surface area contributed by atoms with E-state index in [1.54, 1.807) is 0 Å². The first kappa shape index (κ1) is 9.18. The molecule has 1 saturated carbocycles. The molecule has 0 amide bonds. The highest BCUT2D eigenvalue weighted by Crippen LogP contribution is 2.38. The molecular formula is C9H15N5. The highest BCUT2D eigenvalue weighted by atomic mass is 15.1. The molecule has 2 rings (SSSR count). The van der Waals surface area contributed by atoms with Crippen LogP contribution in [0.1, 0.15) is 38.4 Å². The molecule has 0 aliphatic heterocycles. The summed E-state index contributed by atoms with van der Waals surface area (Å²) in [5.74, 6) is 1.20. The van der Waals surface area contributed by atoms with Crippen LogP contribution in [0.2, 0.25) is 0 Å². The maximum absolute atomic E-state index is 5.54. The predicted molar refractivity (Wildman–Crippen MR) is 54.5 cm³/mol. The number of nitrogens with zero attached hydrogens (tertiary/aromatic N) is 3. The van der Waals surface area contributed by atoms with Gasteiger partial charge in [-0.2, -0.15) is 15.0 Å². The molecule has 1 aromatic heterocycles. The summed E-state index contributed by atoms with van der Waals surface area (Å²) in [6, 6.07) is 0. The summed E-state index contributed by atoms with van der Waals surface area (Å²) >= 11 is 0. The average Bonchev–Trinajstić information content (AvgIpc) is 2.52. The van der Waals surface area contributed by atoms with Gasteiger partial charge in [-0.15, -0.1) is 0 Å². The molecule has 14 heavy (non-hydrogen) atoms. The third-order valence-corrected chi connectivity index (χ3v) is 2.92. The Morgan fingerprint density at radius 2 is 1.50 bits per heavy atom. The third kappa shape index (κ3) is 1.49. The van der Waals surface area contributed by atoms with Crippen LogP contribution in [0, 0.1) is 0 Å². The van der Waals surface area contributed by atoms with Gasteiger partial charge in [0, 0.05) is 5.41 Å². The molecule has 4 N–H and O–H groups in total. The number of rotatable bonds is 1. The molecule has 1 aliphatic rings. The third-order valence-electron chi connectivity index (χ3n) is 2.92. The van der Waals surface area contributed by atoms with Crippen molar-refractivity contribution in [2.24, 2.45) is 0 Å². The van der Waals surface area contributed by atoms with Crippen LogP contribution in [0.3, 0.4) is 0 Å². The van der Waals surface area contributed by atoms with E-state index in [-0.39, 0.29) is 17.3 Å². The maximum Gasteiger partial charge on any atom is 0.225 e. The summed E-state index contributed by atoms with van der Waals surface area (Å²) in [4.78, 5) is 12.1. The van der Waals surface area contributed by atoms with Crippen LogP contribution < -0.4 is 11.5 Å². The molecule has 5 nitrogen and oxygen atoms in total. The summed E-state index contributed by atoms with van der Waals surface area (Å²) < 4.78 is 0. The maximum atomic E-state index is 5.54. The highest BCUT2D eigenvalue weighted by Gasteiger charge is 2.33. The van der Waals surface area contributed by atoms with Crippen molar-refractivity contribution in [2.75, 3.05) is 11.5 Å². The highest BCUT2D eigenvalue weighted by molar-refractivity contribution is 5.28. The molecule has 0 atom stereocenters. The van der Waals surface area contributed by atoms with Crippen LogP contribution in [0.4, 0.5) is 11.9 Å². The number of nitrogen functional groups attached to an aromatic ring is 2. The van der Waals surface area contributed by atoms with E-state index >= 15 is 0 Å². The van der Waals surface area contributed by atoms with Crippen molar-refractivity contribution >= 4 is 11.9 Å². The summed E-state index contributed by atoms with van der Waals surface area (Å²) in [5.41, 5.74) is 11.1. The van der Waals surface area contributed by atoms with Crippen LogP contribution in [0.5, 0.6) is 0 Å². The molecule has 76 valence electrons. The Balaban J connectivity index is 2.40. The Labute approximate surface area is 83.0 Å². The molecule has 0 unspecified atom stereocenters. The molecule has 1 aliphatic carbocycles. The molecule has 5 heteroatoms. The van der Waals surface area contributed by atoms with E-state index in [0.717, 1.165) is 18.7 Å². The Morgan fingerprint density at radius 1 is 1.00 bits per heavy atom. The van der Waals surface area contributed by atoms with Crippen LogP contribution in [0.15, 0.2) is 0 Å². The molecule has 0 spiro atoms. The largest absolute Gasteiger partial charge is 0.368 e. The van der Waals surface area contributed by atoms with E-state index in [1.165, 1.54) is 12.8 Å². The van der Waals surface area contributed by atoms with E-state index in [1.807, 2.05) is 0 Å². The van der Waals surface area contributed by atoms with Gasteiger partial charge in [0.2, 0.25) is 11.9 Å². The molecule has 0 radical (unpaired) electrons. The van der Waals surface area contributed by atoms with Crippen molar-refractivity contribution in [3.05, 3.63) is 5.82 Å². The molecule has 1 aromatic rings. The Kier molecular flexibility index (Phi) is 2.02. The molecule has 0 aromatic carbocycles. The van der Waals surface area contributed by atoms with Gasteiger partial charge in [-0.05, 0) is 12.8 Å². The average molecular weight is 193 g/mol. The lowest BCUT2D eigenvalue weighted by atomic mass is 9.88. The molecule has 1 heterocycles. The quantitative estimate of drug-likeness (QED) is 0.690. The van der Waals surface area contributed by atoms with E-state index in [2.05, 4.69) is 21.9 Å². The fourth-order valence-corrected chi connectivity index (χ4v) is 2.06. The topological polar surface area (TPSA) is 90.7 Å². The number of nitrogens with two attached hydrogens (primary N) is 2. The van der Waals surface area contributed by atoms with E-state index in [9.17, 15) is 0 Å². The summed E-state index contributed by atoms with van der Waals surface area (Å²) in [6.45, 7) is 2.16. The first-order chi connectivity index (χ1) is 6.60. The second-order valence-electron chi connectivity index (χ2n) is 4.14. The minimum atomic E-state index is 0.0468. The lowest BCUT2D eigenvalue weighted by molar-refractivity contribution is 0.458. The van der Waals surface area contributed by atoms with Crippen LogP contribution in [-0.2, 0) is 5.41 Å². The van der Waals surface area contributed by atoms with Gasteiger partial charge in [-0.3, -0.25) is 0 Å². The molecule has 0 saturated heterocycles. The van der Waals surface area contributed by atoms with Gasteiger partial charge in [-0.1, -0.05) is 19.8 Å². The summed E-state index contributed by atoms with van der Waals surface area (Å²) in [6.07, 6.45) is 4.66. The number of hydrogen-bond acceptors (Lipinski definition) is 5. The predicted octanol–water partition coefficient (Wildman–Crippen LogP) is 0.868. The molecule has 1 fully saturated rings. The zero-order valence-corrected chi connectivity index (χ0v) is 8.32. The van der Waals surface area contributed by atoms with Gasteiger partial charge < -0.3 is 11.5 Å². The number of aromatic nitrogens is 3. The van der Waals surface area contributed by atoms with Gasteiger partial charge in [0.05, 0.1) is 0 Å². The molecule has 0 bridgehead atoms. The molecular weight excluding hydrogens is 178 g/mol.